The summed E-state index contributed by atoms with van der Waals surface area (Å²) in [6, 6.07) is 0. The van der Waals surface area contributed by atoms with Gasteiger partial charge < -0.3 is 13.9 Å². The van der Waals surface area contributed by atoms with Gasteiger partial charge in [-0.1, -0.05) is 16.9 Å². The first-order chi connectivity index (χ1) is 8.13. The number of ether oxygens (including phenoxy) is 2. The van der Waals surface area contributed by atoms with Crippen LogP contribution in [0.5, 0.6) is 0 Å². The van der Waals surface area contributed by atoms with E-state index in [1.165, 1.54) is 11.8 Å². The quantitative estimate of drug-likeness (QED) is 0.420. The van der Waals surface area contributed by atoms with Crippen LogP contribution in [0.25, 0.3) is 0 Å². The lowest BCUT2D eigenvalue weighted by Crippen LogP contribution is -2.05. The van der Waals surface area contributed by atoms with E-state index in [-0.39, 0.29) is 18.6 Å². The molecule has 7 heteroatoms. The van der Waals surface area contributed by atoms with Crippen molar-refractivity contribution in [3.05, 3.63) is 5.89 Å². The predicted octanol–water partition coefficient (Wildman–Crippen LogP) is 1.76. The minimum absolute atomic E-state index is 0.112. The zero-order valence-corrected chi connectivity index (χ0v) is 11.0. The summed E-state index contributed by atoms with van der Waals surface area (Å²) in [5.74, 6) is -0.00719. The summed E-state index contributed by atoms with van der Waals surface area (Å²) in [6.07, 6.45) is 0.202. The number of hydrogen-bond donors (Lipinski definition) is 0. The van der Waals surface area contributed by atoms with Gasteiger partial charge in [-0.05, 0) is 20.8 Å². The Morgan fingerprint density at radius 2 is 2.24 bits per heavy atom. The lowest BCUT2D eigenvalue weighted by molar-refractivity contribution is 0.0475. The standard InChI is InChI=1S/C10H16N2O4S/c1-4-14-9(13)8-11-12-10(16-8)17-6-5-15-7(2)3/h7H,4-6H2,1-3H3. The fraction of sp³-hybridized carbons (Fsp3) is 0.700. The van der Waals surface area contributed by atoms with Crippen molar-refractivity contribution in [2.24, 2.45) is 0 Å². The summed E-state index contributed by atoms with van der Waals surface area (Å²) in [7, 11) is 0. The van der Waals surface area contributed by atoms with Gasteiger partial charge in [-0.3, -0.25) is 0 Å². The van der Waals surface area contributed by atoms with Crippen LogP contribution in [0.3, 0.4) is 0 Å². The predicted molar refractivity (Wildman–Crippen MR) is 62.1 cm³/mol. The van der Waals surface area contributed by atoms with Crippen LogP contribution in [-0.2, 0) is 9.47 Å². The molecule has 0 N–H and O–H groups in total. The molecular formula is C10H16N2O4S. The Bertz CT molecular complexity index is 354. The summed E-state index contributed by atoms with van der Waals surface area (Å²) in [4.78, 5) is 11.2. The summed E-state index contributed by atoms with van der Waals surface area (Å²) in [6.45, 7) is 6.53. The van der Waals surface area contributed by atoms with Gasteiger partial charge in [0.25, 0.3) is 5.22 Å². The van der Waals surface area contributed by atoms with Gasteiger partial charge in [-0.25, -0.2) is 4.79 Å². The molecule has 1 rings (SSSR count). The second-order valence-corrected chi connectivity index (χ2v) is 4.41. The van der Waals surface area contributed by atoms with E-state index in [0.717, 1.165) is 0 Å². The molecule has 0 spiro atoms. The highest BCUT2D eigenvalue weighted by Crippen LogP contribution is 2.16. The topological polar surface area (TPSA) is 74.5 Å². The van der Waals surface area contributed by atoms with E-state index < -0.39 is 5.97 Å². The molecule has 0 saturated carbocycles. The smallest absolute Gasteiger partial charge is 0.396 e. The first kappa shape index (κ1) is 14.0. The zero-order valence-electron chi connectivity index (χ0n) is 10.1. The minimum Gasteiger partial charge on any atom is -0.459 e. The van der Waals surface area contributed by atoms with E-state index in [4.69, 9.17) is 13.9 Å². The largest absolute Gasteiger partial charge is 0.459 e. The van der Waals surface area contributed by atoms with Gasteiger partial charge in [-0.2, -0.15) is 0 Å². The molecule has 96 valence electrons. The molecule has 0 aliphatic heterocycles. The van der Waals surface area contributed by atoms with Crippen molar-refractivity contribution >= 4 is 17.7 Å². The summed E-state index contributed by atoms with van der Waals surface area (Å²) >= 11 is 1.35. The van der Waals surface area contributed by atoms with E-state index in [1.807, 2.05) is 13.8 Å². The van der Waals surface area contributed by atoms with Gasteiger partial charge in [-0.15, -0.1) is 5.10 Å². The molecule has 17 heavy (non-hydrogen) atoms. The van der Waals surface area contributed by atoms with Crippen molar-refractivity contribution in [2.45, 2.75) is 32.1 Å². The average Bonchev–Trinajstić information content (AvgIpc) is 2.73. The van der Waals surface area contributed by atoms with Crippen molar-refractivity contribution in [1.82, 2.24) is 10.2 Å². The molecule has 6 nitrogen and oxygen atoms in total. The number of aromatic nitrogens is 2. The fourth-order valence-corrected chi connectivity index (χ4v) is 1.55. The summed E-state index contributed by atoms with van der Waals surface area (Å²) < 4.78 is 15.2. The number of carbonyl (C=O) groups excluding carboxylic acids is 1. The van der Waals surface area contributed by atoms with Gasteiger partial charge in [0.05, 0.1) is 19.3 Å². The number of hydrogen-bond acceptors (Lipinski definition) is 7. The molecule has 1 aromatic heterocycles. The van der Waals surface area contributed by atoms with Gasteiger partial charge in [0, 0.05) is 5.75 Å². The Balaban J connectivity index is 2.33. The lowest BCUT2D eigenvalue weighted by Gasteiger charge is -2.04. The van der Waals surface area contributed by atoms with Crippen molar-refractivity contribution < 1.29 is 18.7 Å². The third-order valence-electron chi connectivity index (χ3n) is 1.62. The van der Waals surface area contributed by atoms with E-state index in [9.17, 15) is 4.79 Å². The maximum atomic E-state index is 11.2. The molecule has 0 aliphatic rings. The van der Waals surface area contributed by atoms with E-state index >= 15 is 0 Å². The molecule has 0 amide bonds. The number of nitrogens with zero attached hydrogens (tertiary/aromatic N) is 2. The molecule has 0 bridgehead atoms. The monoisotopic (exact) mass is 260 g/mol. The van der Waals surface area contributed by atoms with Gasteiger partial charge in [0.15, 0.2) is 0 Å². The molecule has 0 unspecified atom stereocenters. The van der Waals surface area contributed by atoms with Crippen LogP contribution >= 0.6 is 11.8 Å². The van der Waals surface area contributed by atoms with Crippen LogP contribution in [0.4, 0.5) is 0 Å². The maximum Gasteiger partial charge on any atom is 0.396 e. The Kier molecular flexibility index (Phi) is 5.99. The number of carbonyl (C=O) groups is 1. The SMILES string of the molecule is CCOC(=O)c1nnc(SCCOC(C)C)o1. The van der Waals surface area contributed by atoms with Crippen LogP contribution < -0.4 is 0 Å². The molecule has 0 fully saturated rings. The normalized spacial score (nSPS) is 10.8. The van der Waals surface area contributed by atoms with Crippen molar-refractivity contribution in [3.8, 4) is 0 Å². The van der Waals surface area contributed by atoms with Crippen LogP contribution in [0.2, 0.25) is 0 Å². The molecule has 1 heterocycles. The summed E-state index contributed by atoms with van der Waals surface area (Å²) in [5.41, 5.74) is 0. The van der Waals surface area contributed by atoms with Crippen molar-refractivity contribution in [3.63, 3.8) is 0 Å². The van der Waals surface area contributed by atoms with Gasteiger partial charge in [0.1, 0.15) is 0 Å². The Labute approximate surface area is 104 Å². The fourth-order valence-electron chi connectivity index (χ4n) is 0.956. The second kappa shape index (κ2) is 7.29. The first-order valence-electron chi connectivity index (χ1n) is 5.38. The number of rotatable bonds is 7. The number of esters is 1. The highest BCUT2D eigenvalue weighted by molar-refractivity contribution is 7.99. The molecule has 0 radical (unpaired) electrons. The molecule has 1 aromatic rings. The lowest BCUT2D eigenvalue weighted by atomic mass is 10.5. The maximum absolute atomic E-state index is 11.2. The average molecular weight is 260 g/mol. The van der Waals surface area contributed by atoms with Crippen molar-refractivity contribution in [1.29, 1.82) is 0 Å². The van der Waals surface area contributed by atoms with E-state index in [1.54, 1.807) is 6.92 Å². The Hall–Kier alpha value is -1.08. The van der Waals surface area contributed by atoms with E-state index in [0.29, 0.717) is 17.6 Å². The van der Waals surface area contributed by atoms with Crippen LogP contribution in [-0.4, -0.2) is 41.2 Å². The second-order valence-electron chi connectivity index (χ2n) is 3.36. The minimum atomic E-state index is -0.592. The third kappa shape index (κ3) is 5.18. The molecular weight excluding hydrogens is 244 g/mol. The Morgan fingerprint density at radius 1 is 1.47 bits per heavy atom. The van der Waals surface area contributed by atoms with Crippen molar-refractivity contribution in [2.75, 3.05) is 19.0 Å². The third-order valence-corrected chi connectivity index (χ3v) is 2.40. The zero-order chi connectivity index (χ0) is 12.7. The molecule has 0 aliphatic carbocycles. The highest BCUT2D eigenvalue weighted by Gasteiger charge is 2.15. The highest BCUT2D eigenvalue weighted by atomic mass is 32.2. The van der Waals surface area contributed by atoms with Gasteiger partial charge >= 0.3 is 11.9 Å². The number of thioether (sulfide) groups is 1. The molecule has 0 atom stereocenters. The van der Waals surface area contributed by atoms with Crippen LogP contribution in [0.1, 0.15) is 31.5 Å². The molecule has 0 aromatic carbocycles. The van der Waals surface area contributed by atoms with Crippen LogP contribution in [0, 0.1) is 0 Å². The van der Waals surface area contributed by atoms with Crippen LogP contribution in [0.15, 0.2) is 9.64 Å². The Morgan fingerprint density at radius 3 is 2.88 bits per heavy atom. The summed E-state index contributed by atoms with van der Waals surface area (Å²) in [5, 5.41) is 7.67. The first-order valence-corrected chi connectivity index (χ1v) is 6.37. The molecule has 0 saturated heterocycles. The van der Waals surface area contributed by atoms with Gasteiger partial charge in [0.2, 0.25) is 0 Å². The van der Waals surface area contributed by atoms with E-state index in [2.05, 4.69) is 10.2 Å².